The summed E-state index contributed by atoms with van der Waals surface area (Å²) in [5, 5.41) is 2.68. The number of fused-ring (bicyclic) bond motifs is 1. The SMILES string of the molecule is CN(C)CCN1C(=O)COc2ccc(NC(=O)OC(C)(C)C)cc21. The van der Waals surface area contributed by atoms with Gasteiger partial charge in [0.05, 0.1) is 5.69 Å². The molecule has 0 aromatic heterocycles. The molecule has 1 aliphatic heterocycles. The molecule has 132 valence electrons. The summed E-state index contributed by atoms with van der Waals surface area (Å²) >= 11 is 0. The van der Waals surface area contributed by atoms with Crippen LogP contribution in [0, 0.1) is 0 Å². The standard InChI is InChI=1S/C17H25N3O4/c1-17(2,3)24-16(22)18-12-6-7-14-13(10-12)20(9-8-19(4)5)15(21)11-23-14/h6-7,10H,8-9,11H2,1-5H3,(H,18,22). The van der Waals surface area contributed by atoms with E-state index in [4.69, 9.17) is 9.47 Å². The van der Waals surface area contributed by atoms with Crippen LogP contribution in [-0.2, 0) is 9.53 Å². The molecule has 0 saturated heterocycles. The number of benzene rings is 1. The number of nitrogens with one attached hydrogen (secondary N) is 1. The van der Waals surface area contributed by atoms with Gasteiger partial charge in [0, 0.05) is 18.8 Å². The molecule has 0 aliphatic carbocycles. The predicted octanol–water partition coefficient (Wildman–Crippen LogP) is 2.32. The van der Waals surface area contributed by atoms with Gasteiger partial charge in [-0.3, -0.25) is 10.1 Å². The molecule has 1 aromatic carbocycles. The second-order valence-electron chi connectivity index (χ2n) is 6.95. The highest BCUT2D eigenvalue weighted by atomic mass is 16.6. The van der Waals surface area contributed by atoms with Gasteiger partial charge < -0.3 is 19.3 Å². The summed E-state index contributed by atoms with van der Waals surface area (Å²) in [5.74, 6) is 0.530. The van der Waals surface area contributed by atoms with Crippen molar-refractivity contribution in [2.75, 3.05) is 44.0 Å². The lowest BCUT2D eigenvalue weighted by atomic mass is 10.2. The Hall–Kier alpha value is -2.28. The van der Waals surface area contributed by atoms with E-state index in [0.717, 1.165) is 6.54 Å². The molecule has 1 N–H and O–H groups in total. The number of ether oxygens (including phenoxy) is 2. The monoisotopic (exact) mass is 335 g/mol. The predicted molar refractivity (Wildman–Crippen MR) is 92.7 cm³/mol. The van der Waals surface area contributed by atoms with E-state index in [-0.39, 0.29) is 12.5 Å². The highest BCUT2D eigenvalue weighted by Gasteiger charge is 2.26. The lowest BCUT2D eigenvalue weighted by Gasteiger charge is -2.30. The van der Waals surface area contributed by atoms with Gasteiger partial charge in [0.25, 0.3) is 5.91 Å². The van der Waals surface area contributed by atoms with Crippen LogP contribution in [-0.4, -0.2) is 56.3 Å². The van der Waals surface area contributed by atoms with Gasteiger partial charge >= 0.3 is 6.09 Å². The van der Waals surface area contributed by atoms with Crippen LogP contribution in [0.4, 0.5) is 16.2 Å². The summed E-state index contributed by atoms with van der Waals surface area (Å²) in [6.07, 6.45) is -0.537. The number of amides is 2. The first-order valence-corrected chi connectivity index (χ1v) is 7.87. The van der Waals surface area contributed by atoms with E-state index < -0.39 is 11.7 Å². The average molecular weight is 335 g/mol. The van der Waals surface area contributed by atoms with Crippen LogP contribution in [0.5, 0.6) is 5.75 Å². The Kier molecular flexibility index (Phi) is 5.33. The number of anilines is 2. The number of rotatable bonds is 4. The summed E-state index contributed by atoms with van der Waals surface area (Å²) in [5.41, 5.74) is 0.632. The molecule has 1 aliphatic rings. The molecular formula is C17H25N3O4. The van der Waals surface area contributed by atoms with Crippen molar-refractivity contribution < 1.29 is 19.1 Å². The zero-order valence-corrected chi connectivity index (χ0v) is 14.9. The normalized spacial score (nSPS) is 14.2. The summed E-state index contributed by atoms with van der Waals surface area (Å²) in [4.78, 5) is 27.8. The zero-order chi connectivity index (χ0) is 17.9. The second-order valence-corrected chi connectivity index (χ2v) is 6.95. The van der Waals surface area contributed by atoms with E-state index in [2.05, 4.69) is 5.32 Å². The first-order chi connectivity index (χ1) is 11.2. The minimum atomic E-state index is -0.574. The first kappa shape index (κ1) is 18.1. The number of carbonyl (C=O) groups is 2. The highest BCUT2D eigenvalue weighted by molar-refractivity contribution is 5.99. The van der Waals surface area contributed by atoms with E-state index in [1.54, 1.807) is 43.9 Å². The Morgan fingerprint density at radius 2 is 2.08 bits per heavy atom. The quantitative estimate of drug-likeness (QED) is 0.914. The summed E-state index contributed by atoms with van der Waals surface area (Å²) < 4.78 is 10.7. The fourth-order valence-electron chi connectivity index (χ4n) is 2.25. The Bertz CT molecular complexity index is 623. The molecule has 1 heterocycles. The van der Waals surface area contributed by atoms with E-state index >= 15 is 0 Å². The molecule has 7 nitrogen and oxygen atoms in total. The average Bonchev–Trinajstić information content (AvgIpc) is 2.43. The minimum Gasteiger partial charge on any atom is -0.482 e. The number of carbonyl (C=O) groups excluding carboxylic acids is 2. The van der Waals surface area contributed by atoms with Gasteiger partial charge in [0.2, 0.25) is 0 Å². The maximum absolute atomic E-state index is 12.2. The van der Waals surface area contributed by atoms with E-state index in [9.17, 15) is 9.59 Å². The van der Waals surface area contributed by atoms with Crippen LogP contribution < -0.4 is 15.0 Å². The molecule has 24 heavy (non-hydrogen) atoms. The topological polar surface area (TPSA) is 71.1 Å². The smallest absolute Gasteiger partial charge is 0.412 e. The van der Waals surface area contributed by atoms with Crippen molar-refractivity contribution in [2.24, 2.45) is 0 Å². The molecule has 0 saturated carbocycles. The highest BCUT2D eigenvalue weighted by Crippen LogP contribution is 2.34. The molecular weight excluding hydrogens is 310 g/mol. The van der Waals surface area contributed by atoms with Gasteiger partial charge in [0.15, 0.2) is 6.61 Å². The van der Waals surface area contributed by atoms with Crippen molar-refractivity contribution in [1.29, 1.82) is 0 Å². The Morgan fingerprint density at radius 1 is 1.38 bits per heavy atom. The van der Waals surface area contributed by atoms with Crippen molar-refractivity contribution in [3.8, 4) is 5.75 Å². The molecule has 0 bridgehead atoms. The number of likely N-dealkylation sites (N-methyl/N-ethyl adjacent to an activating group) is 1. The Labute approximate surface area is 142 Å². The maximum atomic E-state index is 12.2. The molecule has 0 unspecified atom stereocenters. The Balaban J connectivity index is 2.17. The lowest BCUT2D eigenvalue weighted by Crippen LogP contribution is -2.42. The zero-order valence-electron chi connectivity index (χ0n) is 14.9. The fourth-order valence-corrected chi connectivity index (χ4v) is 2.25. The Morgan fingerprint density at radius 3 is 2.71 bits per heavy atom. The van der Waals surface area contributed by atoms with E-state index in [1.165, 1.54) is 0 Å². The first-order valence-electron chi connectivity index (χ1n) is 7.87. The van der Waals surface area contributed by atoms with E-state index in [1.807, 2.05) is 19.0 Å². The van der Waals surface area contributed by atoms with Gasteiger partial charge in [-0.1, -0.05) is 0 Å². The third-order valence-corrected chi connectivity index (χ3v) is 3.32. The third-order valence-electron chi connectivity index (χ3n) is 3.32. The van der Waals surface area contributed by atoms with Crippen LogP contribution in [0.1, 0.15) is 20.8 Å². The van der Waals surface area contributed by atoms with Gasteiger partial charge in [-0.05, 0) is 53.1 Å². The maximum Gasteiger partial charge on any atom is 0.412 e. The molecule has 2 rings (SSSR count). The second kappa shape index (κ2) is 7.09. The molecule has 2 amide bonds. The minimum absolute atomic E-state index is 0.0271. The number of hydrogen-bond acceptors (Lipinski definition) is 5. The summed E-state index contributed by atoms with van der Waals surface area (Å²) in [6.45, 7) is 6.71. The van der Waals surface area contributed by atoms with Crippen molar-refractivity contribution in [3.63, 3.8) is 0 Å². The molecule has 1 aromatic rings. The van der Waals surface area contributed by atoms with Crippen molar-refractivity contribution in [2.45, 2.75) is 26.4 Å². The van der Waals surface area contributed by atoms with Crippen LogP contribution in [0.15, 0.2) is 18.2 Å². The molecule has 0 radical (unpaired) electrons. The molecule has 0 fully saturated rings. The fraction of sp³-hybridized carbons (Fsp3) is 0.529. The van der Waals surface area contributed by atoms with Crippen molar-refractivity contribution in [1.82, 2.24) is 4.90 Å². The van der Waals surface area contributed by atoms with Crippen molar-refractivity contribution >= 4 is 23.4 Å². The van der Waals surface area contributed by atoms with Crippen LogP contribution in [0.3, 0.4) is 0 Å². The van der Waals surface area contributed by atoms with Gasteiger partial charge in [-0.2, -0.15) is 0 Å². The van der Waals surface area contributed by atoms with E-state index in [0.29, 0.717) is 23.7 Å². The van der Waals surface area contributed by atoms with Crippen LogP contribution in [0.25, 0.3) is 0 Å². The molecule has 0 spiro atoms. The van der Waals surface area contributed by atoms with Gasteiger partial charge in [0.1, 0.15) is 11.4 Å². The number of hydrogen-bond donors (Lipinski definition) is 1. The van der Waals surface area contributed by atoms with Crippen LogP contribution >= 0.6 is 0 Å². The van der Waals surface area contributed by atoms with Gasteiger partial charge in [-0.25, -0.2) is 4.79 Å². The summed E-state index contributed by atoms with van der Waals surface area (Å²) in [7, 11) is 3.90. The molecule has 0 atom stereocenters. The number of nitrogens with zero attached hydrogens (tertiary/aromatic N) is 2. The van der Waals surface area contributed by atoms with Crippen LogP contribution in [0.2, 0.25) is 0 Å². The summed E-state index contributed by atoms with van der Waals surface area (Å²) in [6, 6.07) is 5.20. The third kappa shape index (κ3) is 4.86. The van der Waals surface area contributed by atoms with Gasteiger partial charge in [-0.15, -0.1) is 0 Å². The van der Waals surface area contributed by atoms with Crippen molar-refractivity contribution in [3.05, 3.63) is 18.2 Å². The lowest BCUT2D eigenvalue weighted by molar-refractivity contribution is -0.121. The molecule has 7 heteroatoms. The largest absolute Gasteiger partial charge is 0.482 e.